The van der Waals surface area contributed by atoms with Gasteiger partial charge in [0, 0.05) is 5.54 Å². The summed E-state index contributed by atoms with van der Waals surface area (Å²) in [5.74, 6) is 1.60. The Morgan fingerprint density at radius 3 is 1.71 bits per heavy atom. The van der Waals surface area contributed by atoms with E-state index >= 15 is 0 Å². The van der Waals surface area contributed by atoms with E-state index in [1.165, 1.54) is 33.5 Å². The van der Waals surface area contributed by atoms with Gasteiger partial charge in [0.05, 0.1) is 0 Å². The molecule has 1 fully saturated rings. The minimum Gasteiger partial charge on any atom is -0.325 e. The van der Waals surface area contributed by atoms with Crippen LogP contribution in [0.3, 0.4) is 0 Å². The predicted molar refractivity (Wildman–Crippen MR) is 153 cm³/mol. The van der Waals surface area contributed by atoms with E-state index in [-0.39, 0.29) is 5.54 Å². The van der Waals surface area contributed by atoms with Gasteiger partial charge in [0.25, 0.3) is 0 Å². The molecule has 5 rings (SSSR count). The molecule has 0 spiro atoms. The van der Waals surface area contributed by atoms with Crippen molar-refractivity contribution in [3.8, 4) is 0 Å². The summed E-state index contributed by atoms with van der Waals surface area (Å²) in [4.78, 5) is 4.37. The lowest BCUT2D eigenvalue weighted by atomic mass is 9.83. The molecule has 0 bridgehead atoms. The molecule has 4 unspecified atom stereocenters. The lowest BCUT2D eigenvalue weighted by Gasteiger charge is -2.46. The molecular weight excluding hydrogens is 438 g/mol. The number of fused-ring (bicyclic) bond motifs is 1. The highest BCUT2D eigenvalue weighted by Crippen LogP contribution is 2.55. The molecule has 0 heterocycles. The highest BCUT2D eigenvalue weighted by molar-refractivity contribution is 7.01. The number of hydrogen-bond acceptors (Lipinski definition) is 1. The Hall–Kier alpha value is -2.68. The number of rotatable bonds is 5. The second-order valence-electron chi connectivity index (χ2n) is 11.7. The second kappa shape index (κ2) is 9.41. The third-order valence-electron chi connectivity index (χ3n) is 8.03. The Morgan fingerprint density at radius 2 is 1.20 bits per heavy atom. The topological polar surface area (TPSA) is 12.0 Å². The van der Waals surface area contributed by atoms with Crippen LogP contribution in [0.15, 0.2) is 103 Å². The van der Waals surface area contributed by atoms with Gasteiger partial charge in [0.2, 0.25) is 0 Å². The fraction of sp³-hybridized carbons (Fsp3) is 0.333. The molecule has 0 radical (unpaired) electrons. The normalized spacial score (nSPS) is 23.9. The van der Waals surface area contributed by atoms with E-state index in [0.717, 1.165) is 0 Å². The van der Waals surface area contributed by atoms with E-state index in [1.807, 2.05) is 0 Å². The molecule has 0 saturated heterocycles. The Kier molecular flexibility index (Phi) is 6.46. The summed E-state index contributed by atoms with van der Waals surface area (Å²) in [5, 5.41) is 3.00. The van der Waals surface area contributed by atoms with E-state index in [4.69, 9.17) is 0 Å². The van der Waals surface area contributed by atoms with Crippen LogP contribution in [0, 0.1) is 25.7 Å². The van der Waals surface area contributed by atoms with Crippen molar-refractivity contribution in [2.45, 2.75) is 58.0 Å². The maximum atomic E-state index is 4.37. The van der Waals surface area contributed by atoms with Gasteiger partial charge in [-0.1, -0.05) is 114 Å². The zero-order valence-electron chi connectivity index (χ0n) is 21.8. The standard InChI is InChI=1S/C33H39NSi/c1-24-15-19-27(20-16-24)35(34-33(3,4)5,28-21-17-25(2)18-22-28)32-23-31(26-11-7-6-8-12-26)29-13-9-10-14-30(29)32/h6-22,29-32,34H,23H2,1-5H3. The minimum absolute atomic E-state index is 0.00343. The van der Waals surface area contributed by atoms with Crippen molar-refractivity contribution < 1.29 is 0 Å². The molecule has 4 atom stereocenters. The van der Waals surface area contributed by atoms with Gasteiger partial charge in [-0.25, -0.2) is 0 Å². The summed E-state index contributed by atoms with van der Waals surface area (Å²) >= 11 is 0. The van der Waals surface area contributed by atoms with Gasteiger partial charge in [0.15, 0.2) is 8.24 Å². The molecule has 2 aliphatic carbocycles. The number of hydrogen-bond donors (Lipinski definition) is 1. The van der Waals surface area contributed by atoms with Crippen molar-refractivity contribution in [2.75, 3.05) is 0 Å². The van der Waals surface area contributed by atoms with Gasteiger partial charge in [0.1, 0.15) is 0 Å². The molecule has 3 aromatic rings. The van der Waals surface area contributed by atoms with Crippen molar-refractivity contribution >= 4 is 18.6 Å². The third kappa shape index (κ3) is 4.62. The van der Waals surface area contributed by atoms with E-state index in [2.05, 4.69) is 143 Å². The van der Waals surface area contributed by atoms with Crippen molar-refractivity contribution in [1.29, 1.82) is 0 Å². The van der Waals surface area contributed by atoms with Crippen LogP contribution in [0.25, 0.3) is 0 Å². The summed E-state index contributed by atoms with van der Waals surface area (Å²) in [5.41, 5.74) is 4.67. The molecule has 35 heavy (non-hydrogen) atoms. The van der Waals surface area contributed by atoms with Crippen molar-refractivity contribution in [1.82, 2.24) is 4.98 Å². The highest BCUT2D eigenvalue weighted by Gasteiger charge is 2.56. The molecular formula is C33H39NSi. The lowest BCUT2D eigenvalue weighted by Crippen LogP contribution is -2.75. The van der Waals surface area contributed by atoms with Crippen LogP contribution in [0.2, 0.25) is 5.54 Å². The van der Waals surface area contributed by atoms with Crippen LogP contribution in [0.1, 0.15) is 49.8 Å². The molecule has 180 valence electrons. The van der Waals surface area contributed by atoms with Crippen molar-refractivity contribution in [3.63, 3.8) is 0 Å². The zero-order chi connectivity index (χ0) is 24.6. The van der Waals surface area contributed by atoms with Crippen LogP contribution in [-0.4, -0.2) is 13.8 Å². The van der Waals surface area contributed by atoms with E-state index in [0.29, 0.717) is 23.3 Å². The van der Waals surface area contributed by atoms with E-state index in [9.17, 15) is 0 Å². The Balaban J connectivity index is 1.74. The van der Waals surface area contributed by atoms with Gasteiger partial charge >= 0.3 is 0 Å². The average molecular weight is 478 g/mol. The van der Waals surface area contributed by atoms with Crippen LogP contribution in [0.5, 0.6) is 0 Å². The van der Waals surface area contributed by atoms with Gasteiger partial charge in [-0.3, -0.25) is 0 Å². The quantitative estimate of drug-likeness (QED) is 0.405. The SMILES string of the molecule is Cc1ccc([Si](NC(C)(C)C)(c2ccc(C)cc2)C2CC(c3ccccc3)C3C=CC=CC32)cc1. The Morgan fingerprint density at radius 1 is 0.686 bits per heavy atom. The van der Waals surface area contributed by atoms with Crippen molar-refractivity contribution in [3.05, 3.63) is 120 Å². The largest absolute Gasteiger partial charge is 0.325 e. The van der Waals surface area contributed by atoms with Gasteiger partial charge in [-0.05, 0) is 80.3 Å². The molecule has 0 aromatic heterocycles. The van der Waals surface area contributed by atoms with Crippen LogP contribution < -0.4 is 15.4 Å². The summed E-state index contributed by atoms with van der Waals surface area (Å²) < 4.78 is 0. The maximum absolute atomic E-state index is 4.37. The first-order chi connectivity index (χ1) is 16.8. The smallest absolute Gasteiger partial charge is 0.194 e. The van der Waals surface area contributed by atoms with E-state index in [1.54, 1.807) is 0 Å². The average Bonchev–Trinajstić information content (AvgIpc) is 3.24. The summed E-state index contributed by atoms with van der Waals surface area (Å²) in [7, 11) is -2.41. The number of nitrogens with one attached hydrogen (secondary N) is 1. The van der Waals surface area contributed by atoms with E-state index < -0.39 is 8.24 Å². The summed E-state index contributed by atoms with van der Waals surface area (Å²) in [6.07, 6.45) is 10.8. The number of aryl methyl sites for hydroxylation is 2. The molecule has 1 N–H and O–H groups in total. The fourth-order valence-corrected chi connectivity index (χ4v) is 12.4. The number of allylic oxidation sites excluding steroid dienone is 4. The molecule has 1 saturated carbocycles. The first kappa shape index (κ1) is 24.0. The third-order valence-corrected chi connectivity index (χ3v) is 13.4. The first-order valence-electron chi connectivity index (χ1n) is 13.1. The Labute approximate surface area is 213 Å². The van der Waals surface area contributed by atoms with Crippen LogP contribution in [-0.2, 0) is 0 Å². The zero-order valence-corrected chi connectivity index (χ0v) is 22.8. The Bertz CT molecular complexity index is 1150. The second-order valence-corrected chi connectivity index (χ2v) is 15.5. The molecule has 1 nitrogen and oxygen atoms in total. The summed E-state index contributed by atoms with van der Waals surface area (Å²) in [6.45, 7) is 11.4. The summed E-state index contributed by atoms with van der Waals surface area (Å²) in [6, 6.07) is 30.2. The van der Waals surface area contributed by atoms with Gasteiger partial charge < -0.3 is 4.98 Å². The first-order valence-corrected chi connectivity index (χ1v) is 15.2. The maximum Gasteiger partial charge on any atom is 0.194 e. The molecule has 0 aliphatic heterocycles. The predicted octanol–water partition coefficient (Wildman–Crippen LogP) is 6.67. The van der Waals surface area contributed by atoms with Crippen LogP contribution >= 0.6 is 0 Å². The highest BCUT2D eigenvalue weighted by atomic mass is 28.3. The molecule has 2 heteroatoms. The molecule has 3 aromatic carbocycles. The number of benzene rings is 3. The molecule has 2 aliphatic rings. The monoisotopic (exact) mass is 477 g/mol. The molecule has 0 amide bonds. The van der Waals surface area contributed by atoms with Crippen molar-refractivity contribution in [2.24, 2.45) is 11.8 Å². The fourth-order valence-electron chi connectivity index (χ4n) is 6.61. The minimum atomic E-state index is -2.41. The van der Waals surface area contributed by atoms with Gasteiger partial charge in [-0.2, -0.15) is 0 Å². The lowest BCUT2D eigenvalue weighted by molar-refractivity contribution is 0.486. The van der Waals surface area contributed by atoms with Crippen LogP contribution in [0.4, 0.5) is 0 Å². The van der Waals surface area contributed by atoms with Gasteiger partial charge in [-0.15, -0.1) is 0 Å².